The molecule has 0 saturated carbocycles. The van der Waals surface area contributed by atoms with Crippen LogP contribution in [0.1, 0.15) is 0 Å². The number of fused-ring (bicyclic) bond motifs is 8. The van der Waals surface area contributed by atoms with E-state index in [1.165, 1.54) is 0 Å². The maximum Gasteiger partial charge on any atom is 0.164 e. The van der Waals surface area contributed by atoms with Crippen molar-refractivity contribution < 1.29 is 8.83 Å². The van der Waals surface area contributed by atoms with Gasteiger partial charge in [0.05, 0.1) is 0 Å². The monoisotopic (exact) mass is 615 g/mol. The van der Waals surface area contributed by atoms with Crippen molar-refractivity contribution in [2.75, 3.05) is 0 Å². The molecule has 0 radical (unpaired) electrons. The Morgan fingerprint density at radius 1 is 0.333 bits per heavy atom. The number of nitrogens with zero attached hydrogens (tertiary/aromatic N) is 3. The quantitative estimate of drug-likeness (QED) is 0.197. The maximum absolute atomic E-state index is 6.43. The van der Waals surface area contributed by atoms with E-state index in [1.54, 1.807) is 0 Å². The zero-order valence-electron chi connectivity index (χ0n) is 25.6. The molecule has 0 aliphatic rings. The molecule has 0 aliphatic carbocycles. The van der Waals surface area contributed by atoms with Gasteiger partial charge < -0.3 is 8.83 Å². The first-order chi connectivity index (χ1) is 23.8. The van der Waals surface area contributed by atoms with E-state index in [-0.39, 0.29) is 0 Å². The molecule has 224 valence electrons. The summed E-state index contributed by atoms with van der Waals surface area (Å²) in [7, 11) is 0. The molecule has 3 aromatic heterocycles. The third-order valence-corrected chi connectivity index (χ3v) is 9.11. The van der Waals surface area contributed by atoms with E-state index in [1.807, 2.05) is 84.9 Å². The van der Waals surface area contributed by atoms with E-state index in [2.05, 4.69) is 66.7 Å². The van der Waals surface area contributed by atoms with E-state index in [0.29, 0.717) is 17.5 Å². The second-order valence-corrected chi connectivity index (χ2v) is 12.0. The van der Waals surface area contributed by atoms with Crippen molar-refractivity contribution in [3.05, 3.63) is 152 Å². The van der Waals surface area contributed by atoms with E-state index in [9.17, 15) is 0 Å². The summed E-state index contributed by atoms with van der Waals surface area (Å²) in [5.74, 6) is 1.80. The van der Waals surface area contributed by atoms with E-state index in [4.69, 9.17) is 23.8 Å². The maximum atomic E-state index is 6.43. The van der Waals surface area contributed by atoms with Crippen molar-refractivity contribution in [2.24, 2.45) is 0 Å². The predicted octanol–water partition coefficient (Wildman–Crippen LogP) is 11.5. The highest BCUT2D eigenvalue weighted by molar-refractivity contribution is 6.19. The fourth-order valence-electron chi connectivity index (χ4n) is 6.86. The third-order valence-electron chi connectivity index (χ3n) is 9.11. The van der Waals surface area contributed by atoms with Gasteiger partial charge >= 0.3 is 0 Å². The third kappa shape index (κ3) is 4.22. The fourth-order valence-corrected chi connectivity index (χ4v) is 6.86. The first kappa shape index (κ1) is 26.6. The number of hydrogen-bond acceptors (Lipinski definition) is 5. The van der Waals surface area contributed by atoms with Crippen LogP contribution < -0.4 is 0 Å². The summed E-state index contributed by atoms with van der Waals surface area (Å²) in [5, 5.41) is 6.43. The van der Waals surface area contributed by atoms with Crippen LogP contribution in [0.25, 0.3) is 99.9 Å². The van der Waals surface area contributed by atoms with Crippen LogP contribution in [0.4, 0.5) is 0 Å². The van der Waals surface area contributed by atoms with Gasteiger partial charge in [0, 0.05) is 38.2 Å². The molecule has 5 nitrogen and oxygen atoms in total. The minimum absolute atomic E-state index is 0.588. The topological polar surface area (TPSA) is 65.0 Å². The van der Waals surface area contributed by atoms with Crippen molar-refractivity contribution in [1.82, 2.24) is 15.0 Å². The minimum Gasteiger partial charge on any atom is -0.456 e. The molecule has 0 saturated heterocycles. The van der Waals surface area contributed by atoms with E-state index >= 15 is 0 Å². The largest absolute Gasteiger partial charge is 0.456 e. The molecular formula is C43H25N3O2. The molecule has 7 aromatic carbocycles. The highest BCUT2D eigenvalue weighted by Crippen LogP contribution is 2.40. The lowest BCUT2D eigenvalue weighted by atomic mass is 9.98. The van der Waals surface area contributed by atoms with Crippen molar-refractivity contribution in [3.63, 3.8) is 0 Å². The second kappa shape index (κ2) is 10.5. The Labute approximate surface area is 274 Å². The average molecular weight is 616 g/mol. The lowest BCUT2D eigenvalue weighted by Gasteiger charge is -2.11. The van der Waals surface area contributed by atoms with Crippen LogP contribution in [0.2, 0.25) is 0 Å². The molecule has 0 atom stereocenters. The molecule has 10 aromatic rings. The van der Waals surface area contributed by atoms with Crippen molar-refractivity contribution >= 4 is 54.6 Å². The molecule has 10 rings (SSSR count). The SMILES string of the molecule is c1ccc(-c2cc(-c3nc(-c4ccccc4)nc(-c4ccc5c(ccc6oc7ccccc7c65)c4)n3)c3c(c2)oc2ccccc23)cc1. The Hall–Kier alpha value is -6.59. The molecule has 0 amide bonds. The first-order valence-electron chi connectivity index (χ1n) is 15.9. The van der Waals surface area contributed by atoms with Gasteiger partial charge in [0.1, 0.15) is 22.3 Å². The summed E-state index contributed by atoms with van der Waals surface area (Å²) in [5.41, 5.74) is 8.21. The van der Waals surface area contributed by atoms with Crippen LogP contribution >= 0.6 is 0 Å². The molecule has 0 N–H and O–H groups in total. The fraction of sp³-hybridized carbons (Fsp3) is 0. The molecule has 0 bridgehead atoms. The summed E-state index contributed by atoms with van der Waals surface area (Å²) >= 11 is 0. The van der Waals surface area contributed by atoms with Gasteiger partial charge in [-0.05, 0) is 58.3 Å². The van der Waals surface area contributed by atoms with Gasteiger partial charge in [0.2, 0.25) is 0 Å². The molecule has 3 heterocycles. The Bertz CT molecular complexity index is 2840. The smallest absolute Gasteiger partial charge is 0.164 e. The standard InChI is InChI=1S/C43H25N3O2/c1-3-11-26(12-4-1)30-24-34(40-33-16-8-10-18-36(33)48-38(40)25-30)43-45-41(27-13-5-2-6-14-27)44-42(46-43)29-19-21-31-28(23-29)20-22-37-39(31)32-15-7-9-17-35(32)47-37/h1-25H. The molecule has 48 heavy (non-hydrogen) atoms. The van der Waals surface area contributed by atoms with Gasteiger partial charge in [0.25, 0.3) is 0 Å². The van der Waals surface area contributed by atoms with Gasteiger partial charge in [0.15, 0.2) is 17.5 Å². The molecule has 5 heteroatoms. The minimum atomic E-state index is 0.588. The molecule has 0 spiro atoms. The molecular weight excluding hydrogens is 590 g/mol. The lowest BCUT2D eigenvalue weighted by Crippen LogP contribution is -2.00. The Kier molecular flexibility index (Phi) is 5.81. The number of para-hydroxylation sites is 2. The van der Waals surface area contributed by atoms with Crippen LogP contribution in [0, 0.1) is 0 Å². The van der Waals surface area contributed by atoms with Crippen molar-refractivity contribution in [1.29, 1.82) is 0 Å². The second-order valence-electron chi connectivity index (χ2n) is 12.0. The summed E-state index contributed by atoms with van der Waals surface area (Å²) in [6.07, 6.45) is 0. The molecule has 0 fully saturated rings. The number of rotatable bonds is 4. The van der Waals surface area contributed by atoms with Gasteiger partial charge in [-0.1, -0.05) is 115 Å². The first-order valence-corrected chi connectivity index (χ1v) is 15.9. The van der Waals surface area contributed by atoms with Crippen LogP contribution in [-0.2, 0) is 0 Å². The highest BCUT2D eigenvalue weighted by atomic mass is 16.3. The van der Waals surface area contributed by atoms with Gasteiger partial charge in [-0.3, -0.25) is 0 Å². The van der Waals surface area contributed by atoms with Crippen LogP contribution in [-0.4, -0.2) is 15.0 Å². The molecule has 0 aliphatic heterocycles. The lowest BCUT2D eigenvalue weighted by molar-refractivity contribution is 0.669. The highest BCUT2D eigenvalue weighted by Gasteiger charge is 2.20. The normalized spacial score (nSPS) is 11.8. The Balaban J connectivity index is 1.24. The Morgan fingerprint density at radius 2 is 0.938 bits per heavy atom. The summed E-state index contributed by atoms with van der Waals surface area (Å²) < 4.78 is 12.6. The van der Waals surface area contributed by atoms with E-state index in [0.717, 1.165) is 82.5 Å². The number of aromatic nitrogens is 3. The van der Waals surface area contributed by atoms with Crippen LogP contribution in [0.15, 0.2) is 160 Å². The molecule has 0 unspecified atom stereocenters. The summed E-state index contributed by atoms with van der Waals surface area (Å²) in [6, 6.07) is 51.6. The van der Waals surface area contributed by atoms with Crippen LogP contribution in [0.5, 0.6) is 0 Å². The predicted molar refractivity (Wildman–Crippen MR) is 194 cm³/mol. The summed E-state index contributed by atoms with van der Waals surface area (Å²) in [4.78, 5) is 15.4. The Morgan fingerprint density at radius 3 is 1.69 bits per heavy atom. The van der Waals surface area contributed by atoms with Gasteiger partial charge in [-0.2, -0.15) is 0 Å². The number of furan rings is 2. The van der Waals surface area contributed by atoms with E-state index < -0.39 is 0 Å². The van der Waals surface area contributed by atoms with Crippen LogP contribution in [0.3, 0.4) is 0 Å². The van der Waals surface area contributed by atoms with Crippen molar-refractivity contribution in [2.45, 2.75) is 0 Å². The number of benzene rings is 7. The summed E-state index contributed by atoms with van der Waals surface area (Å²) in [6.45, 7) is 0. The average Bonchev–Trinajstić information content (AvgIpc) is 3.73. The number of hydrogen-bond donors (Lipinski definition) is 0. The van der Waals surface area contributed by atoms with Crippen molar-refractivity contribution in [3.8, 4) is 45.3 Å². The zero-order valence-corrected chi connectivity index (χ0v) is 25.6. The van der Waals surface area contributed by atoms with Gasteiger partial charge in [-0.15, -0.1) is 0 Å². The van der Waals surface area contributed by atoms with Gasteiger partial charge in [-0.25, -0.2) is 15.0 Å². The zero-order chi connectivity index (χ0) is 31.6.